The third-order valence-electron chi connectivity index (χ3n) is 3.74. The smallest absolute Gasteiger partial charge is 0.275 e. The second-order valence-corrected chi connectivity index (χ2v) is 6.60. The second kappa shape index (κ2) is 8.32. The number of benzene rings is 2. The van der Waals surface area contributed by atoms with E-state index in [0.29, 0.717) is 33.8 Å². The van der Waals surface area contributed by atoms with Gasteiger partial charge in [-0.15, -0.1) is 11.3 Å². The lowest BCUT2D eigenvalue weighted by molar-refractivity contribution is 0.102. The van der Waals surface area contributed by atoms with Crippen LogP contribution >= 0.6 is 11.3 Å². The van der Waals surface area contributed by atoms with Crippen LogP contribution in [0.1, 0.15) is 10.5 Å². The molecule has 2 aromatic carbocycles. The van der Waals surface area contributed by atoms with E-state index in [1.807, 2.05) is 60.7 Å². The molecule has 138 valence electrons. The van der Waals surface area contributed by atoms with Gasteiger partial charge < -0.3 is 15.4 Å². The number of hydrogen-bond acceptors (Lipinski definition) is 6. The van der Waals surface area contributed by atoms with Crippen molar-refractivity contribution in [3.05, 3.63) is 90.1 Å². The molecule has 7 heteroatoms. The summed E-state index contributed by atoms with van der Waals surface area (Å²) in [6.45, 7) is 0. The Balaban J connectivity index is 1.47. The van der Waals surface area contributed by atoms with E-state index in [1.165, 1.54) is 11.3 Å². The minimum absolute atomic E-state index is 0.311. The van der Waals surface area contributed by atoms with Crippen molar-refractivity contribution < 1.29 is 9.53 Å². The Morgan fingerprint density at radius 1 is 0.929 bits per heavy atom. The standard InChI is InChI=1S/C21H16N4O2S/c26-20(17-14-28-21(24-17)25-19-12-6-7-13-22-19)23-16-10-4-5-11-18(16)27-15-8-2-1-3-9-15/h1-14H,(H,23,26)(H,22,24,25). The van der Waals surface area contributed by atoms with Crippen LogP contribution in [0.3, 0.4) is 0 Å². The molecule has 2 aromatic heterocycles. The lowest BCUT2D eigenvalue weighted by Crippen LogP contribution is -2.13. The number of para-hydroxylation sites is 3. The molecule has 28 heavy (non-hydrogen) atoms. The van der Waals surface area contributed by atoms with E-state index in [1.54, 1.807) is 23.7 Å². The number of amides is 1. The van der Waals surface area contributed by atoms with Crippen molar-refractivity contribution in [1.82, 2.24) is 9.97 Å². The van der Waals surface area contributed by atoms with Crippen molar-refractivity contribution in [3.63, 3.8) is 0 Å². The minimum atomic E-state index is -0.311. The van der Waals surface area contributed by atoms with Crippen LogP contribution in [0, 0.1) is 0 Å². The molecule has 0 radical (unpaired) electrons. The molecular weight excluding hydrogens is 372 g/mol. The van der Waals surface area contributed by atoms with Gasteiger partial charge in [0.05, 0.1) is 5.69 Å². The lowest BCUT2D eigenvalue weighted by Gasteiger charge is -2.11. The Hall–Kier alpha value is -3.71. The van der Waals surface area contributed by atoms with Crippen LogP contribution in [0.2, 0.25) is 0 Å². The van der Waals surface area contributed by atoms with Gasteiger partial charge in [0.15, 0.2) is 10.9 Å². The fraction of sp³-hybridized carbons (Fsp3) is 0. The van der Waals surface area contributed by atoms with Gasteiger partial charge in [-0.3, -0.25) is 4.79 Å². The van der Waals surface area contributed by atoms with Gasteiger partial charge >= 0.3 is 0 Å². The molecule has 1 amide bonds. The lowest BCUT2D eigenvalue weighted by atomic mass is 10.2. The number of hydrogen-bond donors (Lipinski definition) is 2. The molecule has 0 unspecified atom stereocenters. The van der Waals surface area contributed by atoms with Gasteiger partial charge in [-0.1, -0.05) is 36.4 Å². The summed E-state index contributed by atoms with van der Waals surface area (Å²) in [5.41, 5.74) is 0.890. The molecule has 0 saturated heterocycles. The summed E-state index contributed by atoms with van der Waals surface area (Å²) >= 11 is 1.34. The first-order valence-corrected chi connectivity index (χ1v) is 9.43. The predicted molar refractivity (Wildman–Crippen MR) is 111 cm³/mol. The van der Waals surface area contributed by atoms with E-state index in [9.17, 15) is 4.79 Å². The van der Waals surface area contributed by atoms with Crippen LogP contribution in [0.5, 0.6) is 11.5 Å². The van der Waals surface area contributed by atoms with Crippen LogP contribution in [0.15, 0.2) is 84.4 Å². The molecule has 2 N–H and O–H groups in total. The highest BCUT2D eigenvalue weighted by atomic mass is 32.1. The summed E-state index contributed by atoms with van der Waals surface area (Å²) in [5.74, 6) is 1.61. The van der Waals surface area contributed by atoms with E-state index in [2.05, 4.69) is 20.6 Å². The number of nitrogens with zero attached hydrogens (tertiary/aromatic N) is 2. The zero-order valence-corrected chi connectivity index (χ0v) is 15.5. The third-order valence-corrected chi connectivity index (χ3v) is 4.50. The summed E-state index contributed by atoms with van der Waals surface area (Å²) < 4.78 is 5.88. The predicted octanol–water partition coefficient (Wildman–Crippen LogP) is 5.33. The highest BCUT2D eigenvalue weighted by molar-refractivity contribution is 7.14. The SMILES string of the molecule is O=C(Nc1ccccc1Oc1ccccc1)c1csc(Nc2ccccn2)n1. The molecule has 0 saturated carbocycles. The quantitative estimate of drug-likeness (QED) is 0.467. The monoisotopic (exact) mass is 388 g/mol. The number of nitrogens with one attached hydrogen (secondary N) is 2. The van der Waals surface area contributed by atoms with Crippen LogP contribution < -0.4 is 15.4 Å². The zero-order chi connectivity index (χ0) is 19.2. The van der Waals surface area contributed by atoms with E-state index < -0.39 is 0 Å². The van der Waals surface area contributed by atoms with Gasteiger partial charge in [-0.25, -0.2) is 9.97 Å². The summed E-state index contributed by atoms with van der Waals surface area (Å²) in [7, 11) is 0. The van der Waals surface area contributed by atoms with Gasteiger partial charge in [0.1, 0.15) is 17.3 Å². The first-order valence-electron chi connectivity index (χ1n) is 8.55. The summed E-state index contributed by atoms with van der Waals surface area (Å²) in [4.78, 5) is 21.1. The van der Waals surface area contributed by atoms with E-state index in [-0.39, 0.29) is 5.91 Å². The van der Waals surface area contributed by atoms with Crippen molar-refractivity contribution in [2.24, 2.45) is 0 Å². The second-order valence-electron chi connectivity index (χ2n) is 5.74. The molecule has 6 nitrogen and oxygen atoms in total. The number of carbonyl (C=O) groups excluding carboxylic acids is 1. The van der Waals surface area contributed by atoms with E-state index in [0.717, 1.165) is 0 Å². The first kappa shape index (κ1) is 17.7. The minimum Gasteiger partial charge on any atom is -0.455 e. The maximum Gasteiger partial charge on any atom is 0.275 e. The van der Waals surface area contributed by atoms with Crippen LogP contribution in [-0.4, -0.2) is 15.9 Å². The molecule has 0 fully saturated rings. The van der Waals surface area contributed by atoms with Crippen molar-refractivity contribution in [3.8, 4) is 11.5 Å². The molecule has 0 aliphatic heterocycles. The average molecular weight is 388 g/mol. The number of rotatable bonds is 6. The molecule has 0 spiro atoms. The van der Waals surface area contributed by atoms with Crippen molar-refractivity contribution in [2.75, 3.05) is 10.6 Å². The number of ether oxygens (including phenoxy) is 1. The maximum absolute atomic E-state index is 12.6. The Morgan fingerprint density at radius 2 is 1.71 bits per heavy atom. The topological polar surface area (TPSA) is 76.1 Å². The largest absolute Gasteiger partial charge is 0.455 e. The number of carbonyl (C=O) groups is 1. The van der Waals surface area contributed by atoms with Crippen molar-refractivity contribution >= 4 is 33.9 Å². The van der Waals surface area contributed by atoms with Gasteiger partial charge in [0, 0.05) is 11.6 Å². The molecule has 0 bridgehead atoms. The summed E-state index contributed by atoms with van der Waals surface area (Å²) in [6.07, 6.45) is 1.69. The normalized spacial score (nSPS) is 10.3. The summed E-state index contributed by atoms with van der Waals surface area (Å²) in [6, 6.07) is 22.2. The fourth-order valence-corrected chi connectivity index (χ4v) is 3.14. The molecule has 0 aliphatic rings. The Kier molecular flexibility index (Phi) is 5.26. The van der Waals surface area contributed by atoms with Gasteiger partial charge in [-0.05, 0) is 36.4 Å². The van der Waals surface area contributed by atoms with Crippen LogP contribution in [0.25, 0.3) is 0 Å². The zero-order valence-electron chi connectivity index (χ0n) is 14.7. The van der Waals surface area contributed by atoms with Gasteiger partial charge in [0.2, 0.25) is 0 Å². The molecule has 0 atom stereocenters. The van der Waals surface area contributed by atoms with E-state index >= 15 is 0 Å². The van der Waals surface area contributed by atoms with E-state index in [4.69, 9.17) is 4.74 Å². The summed E-state index contributed by atoms with van der Waals surface area (Å²) in [5, 5.41) is 8.23. The third kappa shape index (κ3) is 4.33. The number of thiazole rings is 1. The van der Waals surface area contributed by atoms with Gasteiger partial charge in [0.25, 0.3) is 5.91 Å². The molecule has 4 aromatic rings. The van der Waals surface area contributed by atoms with Crippen LogP contribution in [-0.2, 0) is 0 Å². The molecule has 2 heterocycles. The number of pyridine rings is 1. The van der Waals surface area contributed by atoms with Crippen molar-refractivity contribution in [2.45, 2.75) is 0 Å². The van der Waals surface area contributed by atoms with Crippen molar-refractivity contribution in [1.29, 1.82) is 0 Å². The Morgan fingerprint density at radius 3 is 2.54 bits per heavy atom. The molecule has 4 rings (SSSR count). The fourth-order valence-electron chi connectivity index (χ4n) is 2.44. The average Bonchev–Trinajstić information content (AvgIpc) is 3.20. The Labute approximate surface area is 165 Å². The molecular formula is C21H16N4O2S. The highest BCUT2D eigenvalue weighted by Crippen LogP contribution is 2.29. The number of aromatic nitrogens is 2. The number of anilines is 3. The maximum atomic E-state index is 12.6. The van der Waals surface area contributed by atoms with Gasteiger partial charge in [-0.2, -0.15) is 0 Å². The van der Waals surface area contributed by atoms with Crippen LogP contribution in [0.4, 0.5) is 16.6 Å². The highest BCUT2D eigenvalue weighted by Gasteiger charge is 2.14. The molecule has 0 aliphatic carbocycles. The first-order chi connectivity index (χ1) is 13.8. The Bertz CT molecular complexity index is 1070.